The van der Waals surface area contributed by atoms with Crippen molar-refractivity contribution in [3.05, 3.63) is 59.2 Å². The van der Waals surface area contributed by atoms with Gasteiger partial charge in [-0.25, -0.2) is 0 Å². The van der Waals surface area contributed by atoms with Gasteiger partial charge >= 0.3 is 0 Å². The SMILES string of the molecule is COc1ccccc1CC(=O)N[C@H](C)c1cc(C)ccc1OC. The van der Waals surface area contributed by atoms with Crippen LogP contribution >= 0.6 is 0 Å². The number of nitrogens with one attached hydrogen (secondary N) is 1. The molecule has 0 aliphatic carbocycles. The zero-order valence-corrected chi connectivity index (χ0v) is 14.1. The summed E-state index contributed by atoms with van der Waals surface area (Å²) >= 11 is 0. The van der Waals surface area contributed by atoms with E-state index < -0.39 is 0 Å². The van der Waals surface area contributed by atoms with Crippen molar-refractivity contribution < 1.29 is 14.3 Å². The summed E-state index contributed by atoms with van der Waals surface area (Å²) in [6.45, 7) is 3.98. The summed E-state index contributed by atoms with van der Waals surface area (Å²) in [5.41, 5.74) is 2.98. The topological polar surface area (TPSA) is 47.6 Å². The van der Waals surface area contributed by atoms with Crippen molar-refractivity contribution in [2.45, 2.75) is 26.3 Å². The van der Waals surface area contributed by atoms with Crippen LogP contribution in [0.2, 0.25) is 0 Å². The van der Waals surface area contributed by atoms with E-state index in [1.807, 2.05) is 56.3 Å². The fraction of sp³-hybridized carbons (Fsp3) is 0.316. The molecule has 0 bridgehead atoms. The van der Waals surface area contributed by atoms with E-state index in [-0.39, 0.29) is 18.4 Å². The molecular weight excluding hydrogens is 290 g/mol. The van der Waals surface area contributed by atoms with Gasteiger partial charge in [0.1, 0.15) is 11.5 Å². The van der Waals surface area contributed by atoms with Crippen molar-refractivity contribution in [1.82, 2.24) is 5.32 Å². The van der Waals surface area contributed by atoms with Crippen molar-refractivity contribution in [1.29, 1.82) is 0 Å². The fourth-order valence-corrected chi connectivity index (χ4v) is 2.58. The van der Waals surface area contributed by atoms with Gasteiger partial charge in [0, 0.05) is 11.1 Å². The molecule has 1 amide bonds. The number of para-hydroxylation sites is 1. The number of ether oxygens (including phenoxy) is 2. The first-order valence-corrected chi connectivity index (χ1v) is 7.61. The molecule has 122 valence electrons. The van der Waals surface area contributed by atoms with Crippen LogP contribution in [0.25, 0.3) is 0 Å². The Morgan fingerprint density at radius 1 is 1.09 bits per heavy atom. The molecule has 2 aromatic rings. The number of aryl methyl sites for hydroxylation is 1. The monoisotopic (exact) mass is 313 g/mol. The van der Waals surface area contributed by atoms with Gasteiger partial charge < -0.3 is 14.8 Å². The van der Waals surface area contributed by atoms with Gasteiger partial charge in [0.2, 0.25) is 5.91 Å². The molecule has 1 atom stereocenters. The summed E-state index contributed by atoms with van der Waals surface area (Å²) in [5, 5.41) is 3.02. The molecule has 0 aliphatic rings. The molecule has 23 heavy (non-hydrogen) atoms. The number of amides is 1. The lowest BCUT2D eigenvalue weighted by molar-refractivity contribution is -0.121. The lowest BCUT2D eigenvalue weighted by Gasteiger charge is -2.18. The molecule has 0 spiro atoms. The minimum Gasteiger partial charge on any atom is -0.496 e. The summed E-state index contributed by atoms with van der Waals surface area (Å²) in [4.78, 5) is 12.3. The van der Waals surface area contributed by atoms with Crippen LogP contribution in [-0.4, -0.2) is 20.1 Å². The molecule has 0 saturated carbocycles. The van der Waals surface area contributed by atoms with E-state index in [1.165, 1.54) is 0 Å². The maximum Gasteiger partial charge on any atom is 0.225 e. The predicted octanol–water partition coefficient (Wildman–Crippen LogP) is 3.43. The van der Waals surface area contributed by atoms with Gasteiger partial charge in [-0.1, -0.05) is 35.9 Å². The van der Waals surface area contributed by atoms with E-state index in [0.29, 0.717) is 0 Å². The van der Waals surface area contributed by atoms with E-state index in [9.17, 15) is 4.79 Å². The second-order valence-corrected chi connectivity index (χ2v) is 5.52. The van der Waals surface area contributed by atoms with Crippen LogP contribution in [0.1, 0.15) is 29.7 Å². The molecule has 2 aromatic carbocycles. The molecule has 2 rings (SSSR count). The Balaban J connectivity index is 2.09. The minimum atomic E-state index is -0.132. The first-order chi connectivity index (χ1) is 11.0. The van der Waals surface area contributed by atoms with Crippen LogP contribution in [-0.2, 0) is 11.2 Å². The van der Waals surface area contributed by atoms with Crippen LogP contribution < -0.4 is 14.8 Å². The maximum atomic E-state index is 12.3. The summed E-state index contributed by atoms with van der Waals surface area (Å²) in [6.07, 6.45) is 0.280. The van der Waals surface area contributed by atoms with Gasteiger partial charge in [0.15, 0.2) is 0 Å². The number of carbonyl (C=O) groups excluding carboxylic acids is 1. The fourth-order valence-electron chi connectivity index (χ4n) is 2.58. The number of carbonyl (C=O) groups is 1. The van der Waals surface area contributed by atoms with Gasteiger partial charge in [-0.3, -0.25) is 4.79 Å². The van der Waals surface area contributed by atoms with Crippen LogP contribution in [0.15, 0.2) is 42.5 Å². The number of benzene rings is 2. The van der Waals surface area contributed by atoms with Gasteiger partial charge in [-0.15, -0.1) is 0 Å². The van der Waals surface area contributed by atoms with E-state index in [1.54, 1.807) is 14.2 Å². The zero-order chi connectivity index (χ0) is 16.8. The summed E-state index contributed by atoms with van der Waals surface area (Å²) in [5.74, 6) is 1.45. The molecule has 0 radical (unpaired) electrons. The maximum absolute atomic E-state index is 12.3. The second-order valence-electron chi connectivity index (χ2n) is 5.52. The smallest absolute Gasteiger partial charge is 0.225 e. The molecule has 4 heteroatoms. The highest BCUT2D eigenvalue weighted by Gasteiger charge is 2.15. The summed E-state index contributed by atoms with van der Waals surface area (Å²) < 4.78 is 10.7. The number of rotatable bonds is 6. The van der Waals surface area contributed by atoms with Crippen molar-refractivity contribution in [3.8, 4) is 11.5 Å². The Labute approximate surface area is 137 Å². The molecule has 1 N–H and O–H groups in total. The van der Waals surface area contributed by atoms with Gasteiger partial charge in [0.05, 0.1) is 26.7 Å². The van der Waals surface area contributed by atoms with E-state index in [0.717, 1.165) is 28.2 Å². The average Bonchev–Trinajstić information content (AvgIpc) is 2.55. The van der Waals surface area contributed by atoms with E-state index in [4.69, 9.17) is 9.47 Å². The first kappa shape index (κ1) is 16.9. The Hall–Kier alpha value is -2.49. The normalized spacial score (nSPS) is 11.7. The zero-order valence-electron chi connectivity index (χ0n) is 14.1. The first-order valence-electron chi connectivity index (χ1n) is 7.61. The van der Waals surface area contributed by atoms with E-state index in [2.05, 4.69) is 5.32 Å². The third-order valence-electron chi connectivity index (χ3n) is 3.77. The molecular formula is C19H23NO3. The van der Waals surface area contributed by atoms with Crippen molar-refractivity contribution in [2.24, 2.45) is 0 Å². The van der Waals surface area contributed by atoms with Crippen LogP contribution in [0.5, 0.6) is 11.5 Å². The molecule has 0 aliphatic heterocycles. The molecule has 0 unspecified atom stereocenters. The quantitative estimate of drug-likeness (QED) is 0.889. The van der Waals surface area contributed by atoms with Crippen LogP contribution in [0.4, 0.5) is 0 Å². The lowest BCUT2D eigenvalue weighted by atomic mass is 10.0. The Bertz CT molecular complexity index is 682. The van der Waals surface area contributed by atoms with E-state index >= 15 is 0 Å². The lowest BCUT2D eigenvalue weighted by Crippen LogP contribution is -2.28. The predicted molar refractivity (Wildman–Crippen MR) is 91.0 cm³/mol. The Morgan fingerprint density at radius 2 is 1.78 bits per heavy atom. The number of methoxy groups -OCH3 is 2. The Kier molecular flexibility index (Phi) is 5.63. The molecule has 0 aromatic heterocycles. The highest BCUT2D eigenvalue weighted by molar-refractivity contribution is 5.79. The largest absolute Gasteiger partial charge is 0.496 e. The van der Waals surface area contributed by atoms with Gasteiger partial charge in [-0.05, 0) is 26.0 Å². The van der Waals surface area contributed by atoms with Crippen molar-refractivity contribution in [3.63, 3.8) is 0 Å². The molecule has 0 heterocycles. The highest BCUT2D eigenvalue weighted by atomic mass is 16.5. The molecule has 4 nitrogen and oxygen atoms in total. The third kappa shape index (κ3) is 4.25. The van der Waals surface area contributed by atoms with Crippen LogP contribution in [0, 0.1) is 6.92 Å². The highest BCUT2D eigenvalue weighted by Crippen LogP contribution is 2.26. The molecule has 0 saturated heterocycles. The second kappa shape index (κ2) is 7.68. The Morgan fingerprint density at radius 3 is 2.48 bits per heavy atom. The van der Waals surface area contributed by atoms with Gasteiger partial charge in [0.25, 0.3) is 0 Å². The number of hydrogen-bond acceptors (Lipinski definition) is 3. The standard InChI is InChI=1S/C19H23NO3/c1-13-9-10-18(23-4)16(11-13)14(2)20-19(21)12-15-7-5-6-8-17(15)22-3/h5-11,14H,12H2,1-4H3,(H,20,21)/t14-/m1/s1. The molecule has 0 fully saturated rings. The van der Waals surface area contributed by atoms with Crippen molar-refractivity contribution >= 4 is 5.91 Å². The number of hydrogen-bond donors (Lipinski definition) is 1. The van der Waals surface area contributed by atoms with Crippen molar-refractivity contribution in [2.75, 3.05) is 14.2 Å². The third-order valence-corrected chi connectivity index (χ3v) is 3.77. The summed E-state index contributed by atoms with van der Waals surface area (Å²) in [7, 11) is 3.24. The average molecular weight is 313 g/mol. The summed E-state index contributed by atoms with van der Waals surface area (Å²) in [6, 6.07) is 13.4. The minimum absolute atomic E-state index is 0.0504. The van der Waals surface area contributed by atoms with Crippen LogP contribution in [0.3, 0.4) is 0 Å². The van der Waals surface area contributed by atoms with Gasteiger partial charge in [-0.2, -0.15) is 0 Å².